The summed E-state index contributed by atoms with van der Waals surface area (Å²) in [7, 11) is 0. The van der Waals surface area contributed by atoms with Crippen molar-refractivity contribution in [1.82, 2.24) is 20.2 Å². The summed E-state index contributed by atoms with van der Waals surface area (Å²) in [4.78, 5) is 0. The maximum atomic E-state index is 5.99. The standard InChI is InChI=1S/C15H21N5/c1-3-6-15(7-8-15)10-20-14(17-18-19-20)12-5-4-11(2)13(16)9-12/h4-5,9H,3,6-8,10,16H2,1-2H3. The third-order valence-electron chi connectivity index (χ3n) is 4.29. The third kappa shape index (κ3) is 2.40. The van der Waals surface area contributed by atoms with Gasteiger partial charge in [0.2, 0.25) is 0 Å². The Hall–Kier alpha value is -1.91. The molecule has 20 heavy (non-hydrogen) atoms. The Labute approximate surface area is 119 Å². The van der Waals surface area contributed by atoms with E-state index in [0.29, 0.717) is 5.41 Å². The highest BCUT2D eigenvalue weighted by Crippen LogP contribution is 2.51. The number of anilines is 1. The number of rotatable bonds is 5. The van der Waals surface area contributed by atoms with Crippen molar-refractivity contribution in [2.24, 2.45) is 5.41 Å². The summed E-state index contributed by atoms with van der Waals surface area (Å²) in [6.45, 7) is 5.15. The summed E-state index contributed by atoms with van der Waals surface area (Å²) < 4.78 is 1.94. The lowest BCUT2D eigenvalue weighted by Gasteiger charge is -2.14. The molecule has 1 heterocycles. The predicted octanol–water partition coefficient (Wildman–Crippen LogP) is 2.81. The second kappa shape index (κ2) is 4.89. The molecule has 106 valence electrons. The number of tetrazole rings is 1. The van der Waals surface area contributed by atoms with E-state index in [1.807, 2.05) is 29.8 Å². The molecule has 1 aromatic heterocycles. The monoisotopic (exact) mass is 271 g/mol. The molecule has 0 radical (unpaired) electrons. The molecular weight excluding hydrogens is 250 g/mol. The van der Waals surface area contributed by atoms with Crippen LogP contribution in [-0.4, -0.2) is 20.2 Å². The minimum atomic E-state index is 0.426. The molecule has 1 aromatic carbocycles. The number of nitrogens with two attached hydrogens (primary N) is 1. The summed E-state index contributed by atoms with van der Waals surface area (Å²) in [5.74, 6) is 0.819. The first kappa shape index (κ1) is 13.1. The first-order valence-electron chi connectivity index (χ1n) is 7.26. The molecule has 2 aromatic rings. The van der Waals surface area contributed by atoms with Crippen molar-refractivity contribution in [3.63, 3.8) is 0 Å². The summed E-state index contributed by atoms with van der Waals surface area (Å²) in [6.07, 6.45) is 5.05. The van der Waals surface area contributed by atoms with Crippen molar-refractivity contribution in [2.75, 3.05) is 5.73 Å². The smallest absolute Gasteiger partial charge is 0.182 e. The number of hydrogen-bond donors (Lipinski definition) is 1. The van der Waals surface area contributed by atoms with Crippen LogP contribution in [0.2, 0.25) is 0 Å². The number of nitrogens with zero attached hydrogens (tertiary/aromatic N) is 4. The van der Waals surface area contributed by atoms with E-state index in [9.17, 15) is 0 Å². The van der Waals surface area contributed by atoms with Gasteiger partial charge in [-0.15, -0.1) is 5.10 Å². The van der Waals surface area contributed by atoms with Gasteiger partial charge in [-0.3, -0.25) is 0 Å². The fourth-order valence-corrected chi connectivity index (χ4v) is 2.81. The summed E-state index contributed by atoms with van der Waals surface area (Å²) in [5, 5.41) is 12.2. The number of aromatic nitrogens is 4. The minimum absolute atomic E-state index is 0.426. The van der Waals surface area contributed by atoms with E-state index in [1.54, 1.807) is 0 Å². The van der Waals surface area contributed by atoms with E-state index < -0.39 is 0 Å². The van der Waals surface area contributed by atoms with Gasteiger partial charge < -0.3 is 5.73 Å². The lowest BCUT2D eigenvalue weighted by molar-refractivity contribution is 0.365. The number of aryl methyl sites for hydroxylation is 1. The molecule has 0 bridgehead atoms. The number of benzene rings is 1. The van der Waals surface area contributed by atoms with Gasteiger partial charge in [0, 0.05) is 11.3 Å². The Kier molecular flexibility index (Phi) is 3.20. The highest BCUT2D eigenvalue weighted by atomic mass is 15.5. The van der Waals surface area contributed by atoms with Gasteiger partial charge in [-0.1, -0.05) is 25.5 Å². The average Bonchev–Trinajstić information content (AvgIpc) is 3.01. The molecule has 3 rings (SSSR count). The zero-order valence-corrected chi connectivity index (χ0v) is 12.1. The molecule has 0 atom stereocenters. The van der Waals surface area contributed by atoms with Crippen LogP contribution < -0.4 is 5.73 Å². The molecule has 1 fully saturated rings. The van der Waals surface area contributed by atoms with Crippen LogP contribution in [0, 0.1) is 12.3 Å². The molecule has 1 aliphatic rings. The van der Waals surface area contributed by atoms with Gasteiger partial charge in [0.1, 0.15) is 0 Å². The maximum absolute atomic E-state index is 5.99. The molecule has 0 spiro atoms. The topological polar surface area (TPSA) is 69.6 Å². The Bertz CT molecular complexity index is 612. The van der Waals surface area contributed by atoms with Crippen LogP contribution in [0.25, 0.3) is 11.4 Å². The highest BCUT2D eigenvalue weighted by Gasteiger charge is 2.42. The highest BCUT2D eigenvalue weighted by molar-refractivity contribution is 5.63. The van der Waals surface area contributed by atoms with Crippen LogP contribution in [0.3, 0.4) is 0 Å². The van der Waals surface area contributed by atoms with Gasteiger partial charge in [-0.25, -0.2) is 4.68 Å². The van der Waals surface area contributed by atoms with Crippen LogP contribution in [0.1, 0.15) is 38.2 Å². The van der Waals surface area contributed by atoms with Crippen LogP contribution in [0.15, 0.2) is 18.2 Å². The summed E-state index contributed by atoms with van der Waals surface area (Å²) >= 11 is 0. The van der Waals surface area contributed by atoms with Crippen molar-refractivity contribution in [3.05, 3.63) is 23.8 Å². The Morgan fingerprint density at radius 3 is 2.80 bits per heavy atom. The van der Waals surface area contributed by atoms with Gasteiger partial charge in [0.25, 0.3) is 0 Å². The molecule has 5 nitrogen and oxygen atoms in total. The molecular formula is C15H21N5. The van der Waals surface area contributed by atoms with Gasteiger partial charge in [-0.05, 0) is 53.7 Å². The Morgan fingerprint density at radius 1 is 1.35 bits per heavy atom. The molecule has 0 aliphatic heterocycles. The first-order chi connectivity index (χ1) is 9.63. The van der Waals surface area contributed by atoms with E-state index in [2.05, 4.69) is 22.4 Å². The zero-order chi connectivity index (χ0) is 14.2. The van der Waals surface area contributed by atoms with E-state index in [0.717, 1.165) is 29.2 Å². The maximum Gasteiger partial charge on any atom is 0.182 e. The van der Waals surface area contributed by atoms with E-state index in [1.165, 1.54) is 25.7 Å². The van der Waals surface area contributed by atoms with Crippen LogP contribution in [0.4, 0.5) is 5.69 Å². The van der Waals surface area contributed by atoms with Crippen molar-refractivity contribution in [1.29, 1.82) is 0 Å². The lowest BCUT2D eigenvalue weighted by Crippen LogP contribution is -2.14. The Morgan fingerprint density at radius 2 is 2.15 bits per heavy atom. The van der Waals surface area contributed by atoms with Gasteiger partial charge >= 0.3 is 0 Å². The van der Waals surface area contributed by atoms with Crippen molar-refractivity contribution >= 4 is 5.69 Å². The number of hydrogen-bond acceptors (Lipinski definition) is 4. The Balaban J connectivity index is 1.88. The number of nitrogen functional groups attached to an aromatic ring is 1. The van der Waals surface area contributed by atoms with Crippen LogP contribution in [0.5, 0.6) is 0 Å². The second-order valence-electron chi connectivity index (χ2n) is 5.98. The van der Waals surface area contributed by atoms with E-state index in [-0.39, 0.29) is 0 Å². The molecule has 1 aliphatic carbocycles. The van der Waals surface area contributed by atoms with Gasteiger partial charge in [0.15, 0.2) is 5.82 Å². The summed E-state index contributed by atoms with van der Waals surface area (Å²) in [6, 6.07) is 6.01. The van der Waals surface area contributed by atoms with Crippen molar-refractivity contribution in [2.45, 2.75) is 46.1 Å². The summed E-state index contributed by atoms with van der Waals surface area (Å²) in [5.41, 5.74) is 9.27. The van der Waals surface area contributed by atoms with Gasteiger partial charge in [-0.2, -0.15) is 0 Å². The largest absolute Gasteiger partial charge is 0.398 e. The van der Waals surface area contributed by atoms with Crippen LogP contribution >= 0.6 is 0 Å². The zero-order valence-electron chi connectivity index (χ0n) is 12.1. The van der Waals surface area contributed by atoms with E-state index in [4.69, 9.17) is 5.73 Å². The molecule has 0 unspecified atom stereocenters. The van der Waals surface area contributed by atoms with Crippen molar-refractivity contribution in [3.8, 4) is 11.4 Å². The normalized spacial score (nSPS) is 16.3. The molecule has 0 saturated heterocycles. The molecule has 2 N–H and O–H groups in total. The third-order valence-corrected chi connectivity index (χ3v) is 4.29. The quantitative estimate of drug-likeness (QED) is 0.849. The average molecular weight is 271 g/mol. The van der Waals surface area contributed by atoms with Gasteiger partial charge in [0.05, 0.1) is 6.54 Å². The van der Waals surface area contributed by atoms with Crippen molar-refractivity contribution < 1.29 is 0 Å². The fourth-order valence-electron chi connectivity index (χ4n) is 2.81. The molecule has 5 heteroatoms. The fraction of sp³-hybridized carbons (Fsp3) is 0.533. The predicted molar refractivity (Wildman–Crippen MR) is 79.0 cm³/mol. The SMILES string of the molecule is CCCC1(Cn2nnnc2-c2ccc(C)c(N)c2)CC1. The minimum Gasteiger partial charge on any atom is -0.398 e. The molecule has 0 amide bonds. The second-order valence-corrected chi connectivity index (χ2v) is 5.98. The van der Waals surface area contributed by atoms with Crippen LogP contribution in [-0.2, 0) is 6.54 Å². The first-order valence-corrected chi connectivity index (χ1v) is 7.26. The lowest BCUT2D eigenvalue weighted by atomic mass is 10.0. The molecule has 1 saturated carbocycles. The van der Waals surface area contributed by atoms with E-state index >= 15 is 0 Å².